The minimum atomic E-state index is -0.174. The Kier molecular flexibility index (Phi) is 4.32. The Balaban J connectivity index is 2.28. The van der Waals surface area contributed by atoms with Gasteiger partial charge in [-0.3, -0.25) is 4.79 Å². The SMILES string of the molecule is CC(C)n1cc(Br)cc1C(=O)Nc1ccccc1Cl. The van der Waals surface area contributed by atoms with Gasteiger partial charge in [-0.2, -0.15) is 0 Å². The summed E-state index contributed by atoms with van der Waals surface area (Å²) < 4.78 is 2.79. The molecular formula is C14H14BrClN2O. The number of carbonyl (C=O) groups is 1. The molecule has 0 aliphatic heterocycles. The van der Waals surface area contributed by atoms with Gasteiger partial charge in [-0.1, -0.05) is 23.7 Å². The summed E-state index contributed by atoms with van der Waals surface area (Å²) in [5, 5.41) is 3.35. The van der Waals surface area contributed by atoms with Crippen molar-refractivity contribution in [3.63, 3.8) is 0 Å². The standard InChI is InChI=1S/C14H14BrClN2O/c1-9(2)18-8-10(15)7-13(18)14(19)17-12-6-4-3-5-11(12)16/h3-9H,1-2H3,(H,17,19). The second-order valence-electron chi connectivity index (χ2n) is 4.48. The number of carbonyl (C=O) groups excluding carboxylic acids is 1. The number of halogens is 2. The van der Waals surface area contributed by atoms with E-state index < -0.39 is 0 Å². The summed E-state index contributed by atoms with van der Waals surface area (Å²) >= 11 is 9.43. The van der Waals surface area contributed by atoms with Crippen LogP contribution in [0.2, 0.25) is 5.02 Å². The lowest BCUT2D eigenvalue weighted by Crippen LogP contribution is -2.17. The highest BCUT2D eigenvalue weighted by atomic mass is 79.9. The van der Waals surface area contributed by atoms with Gasteiger partial charge < -0.3 is 9.88 Å². The molecule has 0 atom stereocenters. The number of para-hydroxylation sites is 1. The quantitative estimate of drug-likeness (QED) is 0.860. The third-order valence-corrected chi connectivity index (χ3v) is 3.49. The molecule has 1 aromatic carbocycles. The summed E-state index contributed by atoms with van der Waals surface area (Å²) in [6.45, 7) is 4.05. The zero-order valence-corrected chi connectivity index (χ0v) is 13.0. The summed E-state index contributed by atoms with van der Waals surface area (Å²) in [7, 11) is 0. The van der Waals surface area contributed by atoms with Crippen molar-refractivity contribution in [3.05, 3.63) is 51.7 Å². The van der Waals surface area contributed by atoms with Crippen LogP contribution >= 0.6 is 27.5 Å². The first kappa shape index (κ1) is 14.2. The molecule has 0 spiro atoms. The van der Waals surface area contributed by atoms with Crippen molar-refractivity contribution >= 4 is 39.1 Å². The molecule has 1 aromatic heterocycles. The molecule has 2 aromatic rings. The third-order valence-electron chi connectivity index (χ3n) is 2.73. The van der Waals surface area contributed by atoms with Crippen LogP contribution in [0.4, 0.5) is 5.69 Å². The molecule has 100 valence electrons. The lowest BCUT2D eigenvalue weighted by atomic mass is 10.3. The molecule has 0 fully saturated rings. The van der Waals surface area contributed by atoms with Gasteiger partial charge in [0, 0.05) is 16.7 Å². The minimum absolute atomic E-state index is 0.174. The lowest BCUT2D eigenvalue weighted by molar-refractivity contribution is 0.101. The first-order chi connectivity index (χ1) is 8.99. The second-order valence-corrected chi connectivity index (χ2v) is 5.80. The summed E-state index contributed by atoms with van der Waals surface area (Å²) in [6, 6.07) is 9.18. The van der Waals surface area contributed by atoms with Crippen LogP contribution in [-0.4, -0.2) is 10.5 Å². The van der Waals surface area contributed by atoms with Gasteiger partial charge in [-0.05, 0) is 48.0 Å². The molecule has 0 bridgehead atoms. The van der Waals surface area contributed by atoms with Gasteiger partial charge in [0.25, 0.3) is 5.91 Å². The highest BCUT2D eigenvalue weighted by Gasteiger charge is 2.15. The molecule has 1 amide bonds. The molecule has 0 saturated carbocycles. The van der Waals surface area contributed by atoms with Crippen LogP contribution in [0.1, 0.15) is 30.4 Å². The molecule has 0 aliphatic carbocycles. The molecule has 1 N–H and O–H groups in total. The van der Waals surface area contributed by atoms with E-state index in [0.717, 1.165) is 4.47 Å². The topological polar surface area (TPSA) is 34.0 Å². The fourth-order valence-corrected chi connectivity index (χ4v) is 2.42. The number of nitrogens with zero attached hydrogens (tertiary/aromatic N) is 1. The van der Waals surface area contributed by atoms with Crippen LogP contribution in [0.5, 0.6) is 0 Å². The van der Waals surface area contributed by atoms with Gasteiger partial charge in [0.15, 0.2) is 0 Å². The first-order valence-corrected chi connectivity index (χ1v) is 7.09. The predicted molar refractivity (Wildman–Crippen MR) is 81.9 cm³/mol. The van der Waals surface area contributed by atoms with Crippen LogP contribution in [-0.2, 0) is 0 Å². The number of aromatic nitrogens is 1. The Hall–Kier alpha value is -1.26. The van der Waals surface area contributed by atoms with Crippen molar-refractivity contribution in [2.24, 2.45) is 0 Å². The van der Waals surface area contributed by atoms with Crippen molar-refractivity contribution in [1.29, 1.82) is 0 Å². The molecule has 3 nitrogen and oxygen atoms in total. The van der Waals surface area contributed by atoms with Gasteiger partial charge in [-0.15, -0.1) is 0 Å². The van der Waals surface area contributed by atoms with E-state index in [-0.39, 0.29) is 11.9 Å². The van der Waals surface area contributed by atoms with Crippen molar-refractivity contribution in [3.8, 4) is 0 Å². The number of anilines is 1. The fourth-order valence-electron chi connectivity index (χ4n) is 1.80. The number of amides is 1. The van der Waals surface area contributed by atoms with Gasteiger partial charge in [-0.25, -0.2) is 0 Å². The smallest absolute Gasteiger partial charge is 0.272 e. The second kappa shape index (κ2) is 5.80. The monoisotopic (exact) mass is 340 g/mol. The molecule has 5 heteroatoms. The molecular weight excluding hydrogens is 328 g/mol. The van der Waals surface area contributed by atoms with Crippen LogP contribution in [0.3, 0.4) is 0 Å². The Bertz CT molecular complexity index is 607. The average molecular weight is 342 g/mol. The van der Waals surface area contributed by atoms with E-state index in [9.17, 15) is 4.79 Å². The van der Waals surface area contributed by atoms with Gasteiger partial charge in [0.1, 0.15) is 5.69 Å². The van der Waals surface area contributed by atoms with E-state index in [1.54, 1.807) is 18.2 Å². The number of benzene rings is 1. The van der Waals surface area contributed by atoms with Gasteiger partial charge in [0.05, 0.1) is 10.7 Å². The first-order valence-electron chi connectivity index (χ1n) is 5.92. The molecule has 19 heavy (non-hydrogen) atoms. The van der Waals surface area contributed by atoms with E-state index >= 15 is 0 Å². The Morgan fingerprint density at radius 2 is 2.05 bits per heavy atom. The van der Waals surface area contributed by atoms with Crippen LogP contribution in [0.25, 0.3) is 0 Å². The zero-order chi connectivity index (χ0) is 14.0. The van der Waals surface area contributed by atoms with Gasteiger partial charge >= 0.3 is 0 Å². The normalized spacial score (nSPS) is 10.8. The van der Waals surface area contributed by atoms with E-state index in [2.05, 4.69) is 21.2 Å². The summed E-state index contributed by atoms with van der Waals surface area (Å²) in [5.41, 5.74) is 1.21. The van der Waals surface area contributed by atoms with Crippen LogP contribution < -0.4 is 5.32 Å². The summed E-state index contributed by atoms with van der Waals surface area (Å²) in [6.07, 6.45) is 1.90. The number of hydrogen-bond donors (Lipinski definition) is 1. The maximum absolute atomic E-state index is 12.3. The fraction of sp³-hybridized carbons (Fsp3) is 0.214. The Morgan fingerprint density at radius 3 is 2.68 bits per heavy atom. The van der Waals surface area contributed by atoms with E-state index in [4.69, 9.17) is 11.6 Å². The summed E-state index contributed by atoms with van der Waals surface area (Å²) in [5.74, 6) is -0.174. The molecule has 0 saturated heterocycles. The van der Waals surface area contributed by atoms with Crippen LogP contribution in [0.15, 0.2) is 41.0 Å². The van der Waals surface area contributed by atoms with Gasteiger partial charge in [0.2, 0.25) is 0 Å². The van der Waals surface area contributed by atoms with E-state index in [1.165, 1.54) is 0 Å². The Labute approximate surface area is 125 Å². The third kappa shape index (κ3) is 3.19. The zero-order valence-electron chi connectivity index (χ0n) is 10.7. The van der Waals surface area contributed by atoms with Crippen molar-refractivity contribution in [2.75, 3.05) is 5.32 Å². The number of nitrogens with one attached hydrogen (secondary N) is 1. The molecule has 0 aliphatic rings. The highest BCUT2D eigenvalue weighted by molar-refractivity contribution is 9.10. The predicted octanol–water partition coefficient (Wildman–Crippen LogP) is 4.74. The van der Waals surface area contributed by atoms with Crippen molar-refractivity contribution in [1.82, 2.24) is 4.57 Å². The van der Waals surface area contributed by atoms with Crippen molar-refractivity contribution in [2.45, 2.75) is 19.9 Å². The maximum Gasteiger partial charge on any atom is 0.272 e. The molecule has 2 rings (SSSR count). The average Bonchev–Trinajstić information content (AvgIpc) is 2.74. The lowest BCUT2D eigenvalue weighted by Gasteiger charge is -2.13. The Morgan fingerprint density at radius 1 is 1.37 bits per heavy atom. The molecule has 1 heterocycles. The number of rotatable bonds is 3. The maximum atomic E-state index is 12.3. The largest absolute Gasteiger partial charge is 0.340 e. The van der Waals surface area contributed by atoms with Crippen LogP contribution in [0, 0.1) is 0 Å². The minimum Gasteiger partial charge on any atom is -0.340 e. The van der Waals surface area contributed by atoms with E-state index in [1.807, 2.05) is 36.7 Å². The molecule has 0 unspecified atom stereocenters. The number of hydrogen-bond acceptors (Lipinski definition) is 1. The highest BCUT2D eigenvalue weighted by Crippen LogP contribution is 2.23. The van der Waals surface area contributed by atoms with Crippen molar-refractivity contribution < 1.29 is 4.79 Å². The summed E-state index contributed by atoms with van der Waals surface area (Å²) in [4.78, 5) is 12.3. The van der Waals surface area contributed by atoms with E-state index in [0.29, 0.717) is 16.4 Å². The molecule has 0 radical (unpaired) electrons.